The van der Waals surface area contributed by atoms with Crippen molar-refractivity contribution in [3.63, 3.8) is 0 Å². The van der Waals surface area contributed by atoms with Gasteiger partial charge in [0.2, 0.25) is 5.91 Å². The van der Waals surface area contributed by atoms with Crippen LogP contribution >= 0.6 is 24.8 Å². The standard InChI is InChI=1S/C18H29N3O.2ClH/c1-19-12-5-8-18(22)20-17-10-14-21(15-11-17)13-9-16-6-3-2-4-7-16;;/h2-4,6-7,17,19H,5,8-15H2,1H3,(H,20,22);2*1H. The molecule has 1 aromatic rings. The Labute approximate surface area is 158 Å². The van der Waals surface area contributed by atoms with Crippen LogP contribution in [0.25, 0.3) is 0 Å². The Bertz CT molecular complexity index is 437. The minimum atomic E-state index is 0. The highest BCUT2D eigenvalue weighted by Gasteiger charge is 2.20. The molecule has 0 spiro atoms. The molecule has 6 heteroatoms. The molecule has 0 aliphatic carbocycles. The third-order valence-electron chi connectivity index (χ3n) is 4.34. The number of hydrogen-bond acceptors (Lipinski definition) is 3. The van der Waals surface area contributed by atoms with Crippen molar-refractivity contribution in [2.75, 3.05) is 33.2 Å². The number of benzene rings is 1. The van der Waals surface area contributed by atoms with Crippen molar-refractivity contribution in [2.45, 2.75) is 38.1 Å². The first-order valence-electron chi connectivity index (χ1n) is 8.48. The molecule has 4 nitrogen and oxygen atoms in total. The molecule has 0 unspecified atom stereocenters. The van der Waals surface area contributed by atoms with Gasteiger partial charge in [0.25, 0.3) is 0 Å². The second-order valence-corrected chi connectivity index (χ2v) is 6.13. The van der Waals surface area contributed by atoms with Crippen LogP contribution < -0.4 is 10.6 Å². The molecule has 1 aromatic carbocycles. The van der Waals surface area contributed by atoms with Crippen molar-refractivity contribution >= 4 is 30.7 Å². The van der Waals surface area contributed by atoms with Crippen molar-refractivity contribution in [2.24, 2.45) is 0 Å². The lowest BCUT2D eigenvalue weighted by molar-refractivity contribution is -0.122. The first-order chi connectivity index (χ1) is 10.8. The van der Waals surface area contributed by atoms with E-state index in [1.54, 1.807) is 0 Å². The van der Waals surface area contributed by atoms with Gasteiger partial charge in [-0.15, -0.1) is 24.8 Å². The molecule has 1 amide bonds. The summed E-state index contributed by atoms with van der Waals surface area (Å²) in [4.78, 5) is 14.3. The second kappa shape index (κ2) is 13.5. The van der Waals surface area contributed by atoms with Gasteiger partial charge in [-0.2, -0.15) is 0 Å². The average molecular weight is 376 g/mol. The highest BCUT2D eigenvalue weighted by molar-refractivity contribution is 5.85. The van der Waals surface area contributed by atoms with Gasteiger partial charge in [-0.05, 0) is 44.8 Å². The summed E-state index contributed by atoms with van der Waals surface area (Å²) in [6, 6.07) is 11.0. The van der Waals surface area contributed by atoms with E-state index >= 15 is 0 Å². The van der Waals surface area contributed by atoms with Crippen LogP contribution in [-0.2, 0) is 11.2 Å². The lowest BCUT2D eigenvalue weighted by atomic mass is 10.0. The van der Waals surface area contributed by atoms with Crippen LogP contribution in [0.15, 0.2) is 30.3 Å². The van der Waals surface area contributed by atoms with Crippen molar-refractivity contribution in [1.29, 1.82) is 0 Å². The zero-order valence-corrected chi connectivity index (χ0v) is 16.1. The Morgan fingerprint density at radius 2 is 1.83 bits per heavy atom. The summed E-state index contributed by atoms with van der Waals surface area (Å²) in [5.41, 5.74) is 1.41. The minimum absolute atomic E-state index is 0. The van der Waals surface area contributed by atoms with E-state index in [1.165, 1.54) is 5.56 Å². The first kappa shape index (κ1) is 23.2. The third kappa shape index (κ3) is 8.88. The molecule has 1 fully saturated rings. The fraction of sp³-hybridized carbons (Fsp3) is 0.611. The smallest absolute Gasteiger partial charge is 0.220 e. The Balaban J connectivity index is 0.00000264. The highest BCUT2D eigenvalue weighted by atomic mass is 35.5. The zero-order valence-electron chi connectivity index (χ0n) is 14.5. The normalized spacial score (nSPS) is 15.2. The Kier molecular flexibility index (Phi) is 13.0. The van der Waals surface area contributed by atoms with Gasteiger partial charge in [-0.25, -0.2) is 0 Å². The van der Waals surface area contributed by atoms with E-state index in [-0.39, 0.29) is 30.7 Å². The fourth-order valence-corrected chi connectivity index (χ4v) is 2.96. The first-order valence-corrected chi connectivity index (χ1v) is 8.48. The fourth-order valence-electron chi connectivity index (χ4n) is 2.96. The average Bonchev–Trinajstić information content (AvgIpc) is 2.55. The number of nitrogens with one attached hydrogen (secondary N) is 2. The summed E-state index contributed by atoms with van der Waals surface area (Å²) in [6.45, 7) is 4.21. The maximum atomic E-state index is 11.8. The maximum Gasteiger partial charge on any atom is 0.220 e. The SMILES string of the molecule is CNCCCC(=O)NC1CCN(CCc2ccccc2)CC1.Cl.Cl. The van der Waals surface area contributed by atoms with Gasteiger partial charge in [0, 0.05) is 32.1 Å². The van der Waals surface area contributed by atoms with Gasteiger partial charge in [-0.1, -0.05) is 30.3 Å². The van der Waals surface area contributed by atoms with E-state index < -0.39 is 0 Å². The number of piperidine rings is 1. The van der Waals surface area contributed by atoms with Gasteiger partial charge >= 0.3 is 0 Å². The van der Waals surface area contributed by atoms with Crippen LogP contribution in [0.4, 0.5) is 0 Å². The summed E-state index contributed by atoms with van der Waals surface area (Å²) in [5.74, 6) is 0.206. The van der Waals surface area contributed by atoms with E-state index in [1.807, 2.05) is 7.05 Å². The lowest BCUT2D eigenvalue weighted by Crippen LogP contribution is -2.45. The quantitative estimate of drug-likeness (QED) is 0.686. The topological polar surface area (TPSA) is 44.4 Å². The van der Waals surface area contributed by atoms with Crippen LogP contribution in [0.1, 0.15) is 31.2 Å². The molecule has 1 aliphatic heterocycles. The molecule has 0 aromatic heterocycles. The largest absolute Gasteiger partial charge is 0.353 e. The predicted molar refractivity (Wildman–Crippen MR) is 105 cm³/mol. The number of nitrogens with zero attached hydrogens (tertiary/aromatic N) is 1. The van der Waals surface area contributed by atoms with Crippen LogP contribution in [-0.4, -0.2) is 50.1 Å². The number of carbonyl (C=O) groups excluding carboxylic acids is 1. The number of halogens is 2. The minimum Gasteiger partial charge on any atom is -0.353 e. The molecule has 2 rings (SSSR count). The van der Waals surface area contributed by atoms with Crippen LogP contribution in [0, 0.1) is 0 Å². The van der Waals surface area contributed by atoms with Crippen molar-refractivity contribution in [3.05, 3.63) is 35.9 Å². The monoisotopic (exact) mass is 375 g/mol. The molecule has 0 radical (unpaired) electrons. The van der Waals surface area contributed by atoms with E-state index in [9.17, 15) is 4.79 Å². The summed E-state index contributed by atoms with van der Waals surface area (Å²) < 4.78 is 0. The molecular formula is C18H31Cl2N3O. The number of carbonyl (C=O) groups is 1. The summed E-state index contributed by atoms with van der Waals surface area (Å²) in [5, 5.41) is 6.25. The molecule has 1 saturated heterocycles. The number of amides is 1. The van der Waals surface area contributed by atoms with Crippen LogP contribution in [0.2, 0.25) is 0 Å². The van der Waals surface area contributed by atoms with Gasteiger partial charge < -0.3 is 15.5 Å². The maximum absolute atomic E-state index is 11.8. The van der Waals surface area contributed by atoms with Crippen LogP contribution in [0.3, 0.4) is 0 Å². The van der Waals surface area contributed by atoms with Gasteiger partial charge in [0.05, 0.1) is 0 Å². The molecular weight excluding hydrogens is 345 g/mol. The van der Waals surface area contributed by atoms with Gasteiger partial charge in [-0.3, -0.25) is 4.79 Å². The van der Waals surface area contributed by atoms with Gasteiger partial charge in [0.15, 0.2) is 0 Å². The lowest BCUT2D eigenvalue weighted by Gasteiger charge is -2.32. The molecule has 1 heterocycles. The Morgan fingerprint density at radius 3 is 2.46 bits per heavy atom. The van der Waals surface area contributed by atoms with Crippen molar-refractivity contribution < 1.29 is 4.79 Å². The number of hydrogen-bond donors (Lipinski definition) is 2. The highest BCUT2D eigenvalue weighted by Crippen LogP contribution is 2.12. The molecule has 0 atom stereocenters. The van der Waals surface area contributed by atoms with E-state index in [2.05, 4.69) is 45.9 Å². The van der Waals surface area contributed by atoms with E-state index in [0.717, 1.165) is 51.9 Å². The predicted octanol–water partition coefficient (Wildman–Crippen LogP) is 2.65. The van der Waals surface area contributed by atoms with Crippen molar-refractivity contribution in [3.8, 4) is 0 Å². The molecule has 0 saturated carbocycles. The molecule has 1 aliphatic rings. The summed E-state index contributed by atoms with van der Waals surface area (Å²) >= 11 is 0. The molecule has 138 valence electrons. The molecule has 2 N–H and O–H groups in total. The number of likely N-dealkylation sites (tertiary alicyclic amines) is 1. The summed E-state index contributed by atoms with van der Waals surface area (Å²) in [7, 11) is 1.92. The van der Waals surface area contributed by atoms with Crippen molar-refractivity contribution in [1.82, 2.24) is 15.5 Å². The molecule has 0 bridgehead atoms. The van der Waals surface area contributed by atoms with Crippen LogP contribution in [0.5, 0.6) is 0 Å². The van der Waals surface area contributed by atoms with E-state index in [0.29, 0.717) is 12.5 Å². The Hall–Kier alpha value is -0.810. The van der Waals surface area contributed by atoms with Gasteiger partial charge in [0.1, 0.15) is 0 Å². The second-order valence-electron chi connectivity index (χ2n) is 6.13. The third-order valence-corrected chi connectivity index (χ3v) is 4.34. The zero-order chi connectivity index (χ0) is 15.6. The summed E-state index contributed by atoms with van der Waals surface area (Å²) in [6.07, 6.45) is 4.81. The Morgan fingerprint density at radius 1 is 1.17 bits per heavy atom. The van der Waals surface area contributed by atoms with E-state index in [4.69, 9.17) is 0 Å². The molecule has 24 heavy (non-hydrogen) atoms. The number of rotatable bonds is 8.